The number of hydrogen-bond donors (Lipinski definition) is 0. The number of sulfonamides is 1. The van der Waals surface area contributed by atoms with Gasteiger partial charge >= 0.3 is 12.4 Å². The number of anilines is 2. The number of rotatable bonds is 9. The average molecular weight is 758 g/mol. The summed E-state index contributed by atoms with van der Waals surface area (Å²) in [5, 5.41) is -0.587. The van der Waals surface area contributed by atoms with E-state index in [2.05, 4.69) is 0 Å². The van der Waals surface area contributed by atoms with Crippen molar-refractivity contribution in [3.05, 3.63) is 64.7 Å². The van der Waals surface area contributed by atoms with Gasteiger partial charge in [-0.3, -0.25) is 0 Å². The van der Waals surface area contributed by atoms with E-state index in [0.29, 0.717) is 0 Å². The predicted molar refractivity (Wildman–Crippen MR) is 167 cm³/mol. The van der Waals surface area contributed by atoms with Crippen LogP contribution in [0.25, 0.3) is 17.1 Å². The zero-order chi connectivity index (χ0) is 36.1. The second-order valence-corrected chi connectivity index (χ2v) is 15.2. The van der Waals surface area contributed by atoms with Crippen LogP contribution in [0.1, 0.15) is 17.8 Å². The van der Waals surface area contributed by atoms with E-state index in [4.69, 9.17) is 16.3 Å². The van der Waals surface area contributed by atoms with E-state index in [1.807, 2.05) is 0 Å². The molecule has 268 valence electrons. The lowest BCUT2D eigenvalue weighted by atomic mass is 10.1. The molecule has 1 fully saturated rings. The summed E-state index contributed by atoms with van der Waals surface area (Å²) in [5.74, 6) is -0.568. The molecule has 0 radical (unpaired) electrons. The van der Waals surface area contributed by atoms with Crippen molar-refractivity contribution in [2.75, 3.05) is 55.4 Å². The number of alkyl halides is 6. The number of allylic oxidation sites excluding steroid dienone is 2. The minimum atomic E-state index is -4.82. The number of aryl methyl sites for hydroxylation is 1. The molecule has 2 aliphatic heterocycles. The fourth-order valence-corrected chi connectivity index (χ4v) is 7.99. The van der Waals surface area contributed by atoms with Crippen molar-refractivity contribution in [1.29, 1.82) is 0 Å². The number of fused-ring (bicyclic) bond motifs is 2. The fraction of sp³-hybridized carbons (Fsp3) is 0.414. The van der Waals surface area contributed by atoms with Gasteiger partial charge in [0, 0.05) is 44.6 Å². The number of benzene rings is 2. The largest absolute Gasteiger partial charge is 0.748 e. The average Bonchev–Trinajstić information content (AvgIpc) is 3.40. The summed E-state index contributed by atoms with van der Waals surface area (Å²) in [6.45, 7) is -1.13. The van der Waals surface area contributed by atoms with Crippen LogP contribution in [-0.4, -0.2) is 82.1 Å². The van der Waals surface area contributed by atoms with Crippen molar-refractivity contribution in [2.24, 2.45) is 7.05 Å². The van der Waals surface area contributed by atoms with Crippen LogP contribution < -0.4 is 14.4 Å². The fourth-order valence-electron chi connectivity index (χ4n) is 5.81. The van der Waals surface area contributed by atoms with E-state index in [1.165, 1.54) is 69.2 Å². The molecule has 0 amide bonds. The lowest BCUT2D eigenvalue weighted by Gasteiger charge is -2.25. The molecule has 1 saturated heterocycles. The Bertz CT molecular complexity index is 2040. The lowest BCUT2D eigenvalue weighted by molar-refractivity contribution is -0.647. The van der Waals surface area contributed by atoms with Crippen LogP contribution in [0.2, 0.25) is 5.02 Å². The lowest BCUT2D eigenvalue weighted by Crippen LogP contribution is -2.40. The van der Waals surface area contributed by atoms with Crippen molar-refractivity contribution in [1.82, 2.24) is 8.87 Å². The Balaban J connectivity index is 1.58. The van der Waals surface area contributed by atoms with E-state index < -0.39 is 55.4 Å². The van der Waals surface area contributed by atoms with Gasteiger partial charge in [-0.2, -0.15) is 30.6 Å². The molecule has 5 rings (SSSR count). The minimum Gasteiger partial charge on any atom is -0.748 e. The summed E-state index contributed by atoms with van der Waals surface area (Å²) < 4.78 is 152. The summed E-state index contributed by atoms with van der Waals surface area (Å²) in [4.78, 5) is 2.62. The van der Waals surface area contributed by atoms with Gasteiger partial charge in [-0.15, -0.1) is 0 Å². The molecule has 0 N–H and O–H groups in total. The SMILES string of the molecule is CN1/C(=C\C=C\c2n(CC(F)(F)F)c3cc(S(=O)(=O)N4CCOCC4)ccc3[n+]2C)N(CCCS(=O)(=O)[O-])c2cc(C(F)(F)F)c(Cl)cc21. The number of aromatic nitrogens is 2. The Labute approximate surface area is 283 Å². The zero-order valence-corrected chi connectivity index (χ0v) is 28.3. The Morgan fingerprint density at radius 2 is 1.69 bits per heavy atom. The molecule has 0 spiro atoms. The molecule has 1 aromatic heterocycles. The van der Waals surface area contributed by atoms with E-state index in [1.54, 1.807) is 0 Å². The van der Waals surface area contributed by atoms with Crippen LogP contribution in [0.3, 0.4) is 0 Å². The van der Waals surface area contributed by atoms with Crippen molar-refractivity contribution in [3.63, 3.8) is 0 Å². The summed E-state index contributed by atoms with van der Waals surface area (Å²) in [6.07, 6.45) is -5.69. The monoisotopic (exact) mass is 757 g/mol. The molecular formula is C29H30ClF6N5O6S2. The minimum absolute atomic E-state index is 0.00894. The van der Waals surface area contributed by atoms with Crippen LogP contribution in [0, 0.1) is 0 Å². The van der Waals surface area contributed by atoms with Crippen LogP contribution in [0.15, 0.2) is 53.2 Å². The topological polar surface area (TPSA) is 119 Å². The Morgan fingerprint density at radius 3 is 2.31 bits per heavy atom. The third-order valence-electron chi connectivity index (χ3n) is 8.07. The number of nitrogens with zero attached hydrogens (tertiary/aromatic N) is 5. The van der Waals surface area contributed by atoms with Gasteiger partial charge < -0.3 is 19.1 Å². The molecule has 0 atom stereocenters. The molecule has 3 aromatic rings. The molecule has 0 saturated carbocycles. The number of ether oxygens (including phenoxy) is 1. The van der Waals surface area contributed by atoms with Gasteiger partial charge in [0.25, 0.3) is 5.82 Å². The van der Waals surface area contributed by atoms with Gasteiger partial charge in [-0.05, 0) is 36.8 Å². The number of halogens is 7. The Morgan fingerprint density at radius 1 is 1.02 bits per heavy atom. The number of imidazole rings is 1. The van der Waals surface area contributed by atoms with Crippen LogP contribution in [0.4, 0.5) is 37.7 Å². The second-order valence-electron chi connectivity index (χ2n) is 11.3. The number of hydrogen-bond acceptors (Lipinski definition) is 8. The van der Waals surface area contributed by atoms with Crippen molar-refractivity contribution in [3.8, 4) is 0 Å². The zero-order valence-electron chi connectivity index (χ0n) is 25.9. The van der Waals surface area contributed by atoms with E-state index in [-0.39, 0.29) is 78.2 Å². The summed E-state index contributed by atoms with van der Waals surface area (Å²) in [6, 6.07) is 5.78. The molecule has 3 heterocycles. The predicted octanol–water partition coefficient (Wildman–Crippen LogP) is 4.47. The van der Waals surface area contributed by atoms with Crippen LogP contribution in [0.5, 0.6) is 0 Å². The second kappa shape index (κ2) is 13.4. The van der Waals surface area contributed by atoms with Gasteiger partial charge in [-0.25, -0.2) is 26.0 Å². The van der Waals surface area contributed by atoms with Gasteiger partial charge in [0.1, 0.15) is 5.82 Å². The van der Waals surface area contributed by atoms with Crippen molar-refractivity contribution in [2.45, 2.75) is 30.2 Å². The van der Waals surface area contributed by atoms with Crippen molar-refractivity contribution >= 4 is 60.2 Å². The third-order valence-corrected chi connectivity index (χ3v) is 11.1. The maximum atomic E-state index is 13.9. The first-order valence-electron chi connectivity index (χ1n) is 14.6. The Kier molecular flexibility index (Phi) is 10.1. The third kappa shape index (κ3) is 7.86. The molecule has 20 heteroatoms. The molecule has 0 unspecified atom stereocenters. The highest BCUT2D eigenvalue weighted by atomic mass is 35.5. The first-order valence-corrected chi connectivity index (χ1v) is 18.0. The highest BCUT2D eigenvalue weighted by Gasteiger charge is 2.39. The Hall–Kier alpha value is -3.36. The summed E-state index contributed by atoms with van der Waals surface area (Å²) in [7, 11) is -5.69. The molecule has 2 aromatic carbocycles. The molecule has 2 aliphatic rings. The van der Waals surface area contributed by atoms with Gasteiger partial charge in [0.15, 0.2) is 17.6 Å². The first-order chi connectivity index (χ1) is 22.7. The maximum absolute atomic E-state index is 13.9. The summed E-state index contributed by atoms with van der Waals surface area (Å²) in [5.41, 5.74) is -0.612. The van der Waals surface area contributed by atoms with Crippen LogP contribution >= 0.6 is 11.6 Å². The van der Waals surface area contributed by atoms with Gasteiger partial charge in [-0.1, -0.05) is 17.7 Å². The first kappa shape index (κ1) is 36.9. The van der Waals surface area contributed by atoms with Gasteiger partial charge in [0.05, 0.1) is 57.2 Å². The van der Waals surface area contributed by atoms with Crippen molar-refractivity contribution < 1.29 is 57.0 Å². The number of morpholine rings is 1. The highest BCUT2D eigenvalue weighted by molar-refractivity contribution is 7.89. The van der Waals surface area contributed by atoms with E-state index in [0.717, 1.165) is 16.7 Å². The summed E-state index contributed by atoms with van der Waals surface area (Å²) >= 11 is 5.95. The quantitative estimate of drug-likeness (QED) is 0.178. The smallest absolute Gasteiger partial charge is 0.426 e. The van der Waals surface area contributed by atoms with Crippen LogP contribution in [-0.2, 0) is 44.6 Å². The molecular weight excluding hydrogens is 728 g/mol. The maximum Gasteiger partial charge on any atom is 0.426 e. The molecule has 0 bridgehead atoms. The normalized spacial score (nSPS) is 17.6. The van der Waals surface area contributed by atoms with E-state index in [9.17, 15) is 47.7 Å². The molecule has 0 aliphatic carbocycles. The van der Waals surface area contributed by atoms with Gasteiger partial charge in [0.2, 0.25) is 10.0 Å². The van der Waals surface area contributed by atoms with E-state index >= 15 is 0 Å². The standard InChI is InChI=1S/C29H30ClF6N5O6S2/c1-37-22-8-7-19(49(45,46)39-10-12-47-13-11-39)15-24(22)41(18-28(31,32)33)27(37)6-3-5-26-38(2)23-17-21(30)20(29(34,35)36)16-25(23)40(26)9-4-14-48(42,43)44/h3,5-8,15-17H,4,9-14,18H2,1-2H3. The highest BCUT2D eigenvalue weighted by Crippen LogP contribution is 2.47. The molecule has 49 heavy (non-hydrogen) atoms. The molecule has 11 nitrogen and oxygen atoms in total.